The van der Waals surface area contributed by atoms with Gasteiger partial charge in [-0.2, -0.15) is 0 Å². The molecule has 0 atom stereocenters. The zero-order valence-electron chi connectivity index (χ0n) is 11.1. The molecule has 3 rings (SSSR count). The van der Waals surface area contributed by atoms with E-state index in [4.69, 9.17) is 0 Å². The van der Waals surface area contributed by atoms with E-state index in [0.29, 0.717) is 17.1 Å². The maximum absolute atomic E-state index is 11.3. The summed E-state index contributed by atoms with van der Waals surface area (Å²) in [5, 5.41) is 3.02. The van der Waals surface area contributed by atoms with Crippen molar-refractivity contribution in [1.29, 1.82) is 0 Å². The first kappa shape index (κ1) is 13.0. The van der Waals surface area contributed by atoms with E-state index in [2.05, 4.69) is 5.18 Å². The minimum absolute atomic E-state index is 0.302. The van der Waals surface area contributed by atoms with Gasteiger partial charge in [-0.15, -0.1) is 4.91 Å². The van der Waals surface area contributed by atoms with E-state index in [0.717, 1.165) is 17.4 Å². The third kappa shape index (κ3) is 2.39. The van der Waals surface area contributed by atoms with Crippen LogP contribution in [-0.2, 0) is 0 Å². The molecule has 102 valence electrons. The summed E-state index contributed by atoms with van der Waals surface area (Å²) < 4.78 is 1.69. The van der Waals surface area contributed by atoms with Crippen LogP contribution in [0.25, 0.3) is 16.8 Å². The van der Waals surface area contributed by atoms with E-state index in [-0.39, 0.29) is 0 Å². The number of hydrogen-bond acceptors (Lipinski definition) is 3. The van der Waals surface area contributed by atoms with Crippen LogP contribution in [0.3, 0.4) is 0 Å². The summed E-state index contributed by atoms with van der Waals surface area (Å²) in [6.45, 7) is 0. The number of nitrogens with zero attached hydrogens (tertiary/aromatic N) is 2. The van der Waals surface area contributed by atoms with Crippen molar-refractivity contribution in [3.63, 3.8) is 0 Å². The van der Waals surface area contributed by atoms with Gasteiger partial charge < -0.3 is 4.57 Å². The largest absolute Gasteiger partial charge is 0.311 e. The second-order valence-electron chi connectivity index (χ2n) is 4.59. The topological polar surface area (TPSA) is 51.4 Å². The van der Waals surface area contributed by atoms with Gasteiger partial charge in [-0.05, 0) is 28.9 Å². The number of aldehydes is 1. The van der Waals surface area contributed by atoms with Crippen molar-refractivity contribution < 1.29 is 4.79 Å². The van der Waals surface area contributed by atoms with Gasteiger partial charge in [0.2, 0.25) is 0 Å². The number of para-hydroxylation sites is 1. The van der Waals surface area contributed by atoms with Crippen LogP contribution in [0.15, 0.2) is 72.0 Å². The maximum atomic E-state index is 11.3. The normalized spacial score (nSPS) is 10.3. The highest BCUT2D eigenvalue weighted by molar-refractivity contribution is 5.80. The van der Waals surface area contributed by atoms with Crippen LogP contribution in [0, 0.1) is 4.91 Å². The first-order valence-corrected chi connectivity index (χ1v) is 6.49. The zero-order valence-corrected chi connectivity index (χ0v) is 11.1. The number of aromatic nitrogens is 1. The molecule has 0 aliphatic rings. The minimum atomic E-state index is 0.302. The molecule has 0 aliphatic heterocycles. The molecule has 0 bridgehead atoms. The Labute approximate surface area is 121 Å². The average molecular weight is 276 g/mol. The highest BCUT2D eigenvalue weighted by Crippen LogP contribution is 2.28. The van der Waals surface area contributed by atoms with Crippen LogP contribution in [0.1, 0.15) is 10.5 Å². The molecule has 0 N–H and O–H groups in total. The Morgan fingerprint density at radius 2 is 1.62 bits per heavy atom. The number of nitroso groups, excluding NO2 is 1. The lowest BCUT2D eigenvalue weighted by molar-refractivity contribution is 0.111. The first-order valence-electron chi connectivity index (χ1n) is 6.49. The van der Waals surface area contributed by atoms with Gasteiger partial charge in [-0.1, -0.05) is 42.5 Å². The number of benzene rings is 2. The Bertz CT molecular complexity index is 792. The van der Waals surface area contributed by atoms with Crippen molar-refractivity contribution >= 4 is 12.0 Å². The van der Waals surface area contributed by atoms with Gasteiger partial charge >= 0.3 is 0 Å². The highest BCUT2D eigenvalue weighted by atomic mass is 16.3. The SMILES string of the molecule is O=Cc1cc(-c2ccccc2)cn1-c1ccccc1N=O. The van der Waals surface area contributed by atoms with Gasteiger partial charge in [0.1, 0.15) is 5.69 Å². The van der Waals surface area contributed by atoms with E-state index < -0.39 is 0 Å². The molecular formula is C17H12N2O2. The average Bonchev–Trinajstić information content (AvgIpc) is 2.99. The smallest absolute Gasteiger partial charge is 0.166 e. The fourth-order valence-corrected chi connectivity index (χ4v) is 2.31. The van der Waals surface area contributed by atoms with Gasteiger partial charge in [0.25, 0.3) is 0 Å². The lowest BCUT2D eigenvalue weighted by atomic mass is 10.1. The quantitative estimate of drug-likeness (QED) is 0.525. The molecule has 1 aromatic heterocycles. The van der Waals surface area contributed by atoms with E-state index in [1.807, 2.05) is 36.5 Å². The Balaban J connectivity index is 2.17. The van der Waals surface area contributed by atoms with Crippen LogP contribution in [-0.4, -0.2) is 10.9 Å². The molecule has 21 heavy (non-hydrogen) atoms. The predicted octanol–water partition coefficient (Wildman–Crippen LogP) is 4.35. The van der Waals surface area contributed by atoms with Crippen LogP contribution >= 0.6 is 0 Å². The number of hydrogen-bond donors (Lipinski definition) is 0. The first-order chi connectivity index (χ1) is 10.3. The summed E-state index contributed by atoms with van der Waals surface area (Å²) >= 11 is 0. The predicted molar refractivity (Wildman–Crippen MR) is 82.0 cm³/mol. The molecule has 3 aromatic rings. The fourth-order valence-electron chi connectivity index (χ4n) is 2.31. The lowest BCUT2D eigenvalue weighted by Crippen LogP contribution is -1.97. The Morgan fingerprint density at radius 1 is 0.905 bits per heavy atom. The number of carbonyl (C=O) groups is 1. The van der Waals surface area contributed by atoms with Crippen molar-refractivity contribution in [3.8, 4) is 16.8 Å². The van der Waals surface area contributed by atoms with E-state index in [9.17, 15) is 9.70 Å². The van der Waals surface area contributed by atoms with Crippen molar-refractivity contribution in [1.82, 2.24) is 4.57 Å². The van der Waals surface area contributed by atoms with Gasteiger partial charge in [0.05, 0.1) is 11.4 Å². The molecule has 0 aliphatic carbocycles. The maximum Gasteiger partial charge on any atom is 0.166 e. The molecular weight excluding hydrogens is 264 g/mol. The summed E-state index contributed by atoms with van der Waals surface area (Å²) in [7, 11) is 0. The molecule has 0 saturated heterocycles. The van der Waals surface area contributed by atoms with Crippen LogP contribution in [0.5, 0.6) is 0 Å². The van der Waals surface area contributed by atoms with E-state index >= 15 is 0 Å². The van der Waals surface area contributed by atoms with E-state index in [1.165, 1.54) is 0 Å². The number of carbonyl (C=O) groups excluding carboxylic acids is 1. The molecule has 0 saturated carbocycles. The fraction of sp³-hybridized carbons (Fsp3) is 0. The second kappa shape index (κ2) is 5.54. The molecule has 0 fully saturated rings. The number of rotatable bonds is 4. The van der Waals surface area contributed by atoms with Gasteiger partial charge in [0.15, 0.2) is 6.29 Å². The van der Waals surface area contributed by atoms with Crippen molar-refractivity contribution in [2.45, 2.75) is 0 Å². The summed E-state index contributed by atoms with van der Waals surface area (Å²) in [5.41, 5.74) is 3.30. The standard InChI is InChI=1S/C17H12N2O2/c20-12-15-10-14(13-6-2-1-3-7-13)11-19(15)17-9-5-4-8-16(17)18-21/h1-12H. The molecule has 0 unspecified atom stereocenters. The molecule has 0 radical (unpaired) electrons. The third-order valence-electron chi connectivity index (χ3n) is 3.32. The summed E-state index contributed by atoms with van der Waals surface area (Å²) in [5.74, 6) is 0. The van der Waals surface area contributed by atoms with Crippen molar-refractivity contribution in [2.24, 2.45) is 5.18 Å². The molecule has 0 amide bonds. The van der Waals surface area contributed by atoms with Crippen LogP contribution < -0.4 is 0 Å². The lowest BCUT2D eigenvalue weighted by Gasteiger charge is -2.06. The zero-order chi connectivity index (χ0) is 14.7. The Morgan fingerprint density at radius 3 is 2.33 bits per heavy atom. The molecule has 4 nitrogen and oxygen atoms in total. The monoisotopic (exact) mass is 276 g/mol. The molecule has 0 spiro atoms. The third-order valence-corrected chi connectivity index (χ3v) is 3.32. The second-order valence-corrected chi connectivity index (χ2v) is 4.59. The van der Waals surface area contributed by atoms with Crippen LogP contribution in [0.2, 0.25) is 0 Å². The minimum Gasteiger partial charge on any atom is -0.311 e. The summed E-state index contributed by atoms with van der Waals surface area (Å²) in [6, 6.07) is 18.5. The Kier molecular flexibility index (Phi) is 3.43. The van der Waals surface area contributed by atoms with Gasteiger partial charge in [0, 0.05) is 11.8 Å². The van der Waals surface area contributed by atoms with E-state index in [1.54, 1.807) is 34.9 Å². The Hall–Kier alpha value is -3.01. The summed E-state index contributed by atoms with van der Waals surface area (Å²) in [4.78, 5) is 22.2. The molecule has 4 heteroatoms. The van der Waals surface area contributed by atoms with Crippen LogP contribution in [0.4, 0.5) is 5.69 Å². The van der Waals surface area contributed by atoms with Gasteiger partial charge in [-0.3, -0.25) is 4.79 Å². The molecule has 2 aromatic carbocycles. The van der Waals surface area contributed by atoms with Crippen molar-refractivity contribution in [2.75, 3.05) is 0 Å². The summed E-state index contributed by atoms with van der Waals surface area (Å²) in [6.07, 6.45) is 2.61. The molecule has 1 heterocycles. The highest BCUT2D eigenvalue weighted by Gasteiger charge is 2.11. The van der Waals surface area contributed by atoms with Crippen molar-refractivity contribution in [3.05, 3.63) is 77.5 Å². The van der Waals surface area contributed by atoms with Gasteiger partial charge in [-0.25, -0.2) is 0 Å².